The van der Waals surface area contributed by atoms with Gasteiger partial charge in [-0.1, -0.05) is 44.2 Å². The van der Waals surface area contributed by atoms with E-state index in [9.17, 15) is 4.79 Å². The Labute approximate surface area is 89.9 Å². The molecule has 15 heavy (non-hydrogen) atoms. The van der Waals surface area contributed by atoms with Crippen molar-refractivity contribution in [3.63, 3.8) is 0 Å². The minimum Gasteiger partial charge on any atom is -0.338 e. The van der Waals surface area contributed by atoms with Crippen molar-refractivity contribution in [1.82, 2.24) is 10.6 Å². The molecule has 1 aromatic carbocycles. The summed E-state index contributed by atoms with van der Waals surface area (Å²) >= 11 is 0. The summed E-state index contributed by atoms with van der Waals surface area (Å²) in [6, 6.07) is 10.1. The first-order chi connectivity index (χ1) is 7.09. The van der Waals surface area contributed by atoms with Crippen LogP contribution in [0.4, 0.5) is 4.79 Å². The summed E-state index contributed by atoms with van der Waals surface area (Å²) in [6.45, 7) is 5.01. The Morgan fingerprint density at radius 3 is 2.60 bits per heavy atom. The lowest BCUT2D eigenvalue weighted by molar-refractivity contribution is 0.179. The van der Waals surface area contributed by atoms with Crippen LogP contribution in [0.25, 0.3) is 0 Å². The molecule has 3 heteroatoms. The van der Waals surface area contributed by atoms with E-state index in [2.05, 4.69) is 36.6 Å². The highest BCUT2D eigenvalue weighted by Crippen LogP contribution is 2.34. The van der Waals surface area contributed by atoms with Crippen molar-refractivity contribution in [2.45, 2.75) is 19.9 Å². The van der Waals surface area contributed by atoms with Crippen LogP contribution in [0.1, 0.15) is 25.5 Å². The number of benzene rings is 1. The summed E-state index contributed by atoms with van der Waals surface area (Å²) in [4.78, 5) is 11.3. The number of carbonyl (C=O) groups excluding carboxylic acids is 1. The highest BCUT2D eigenvalue weighted by Gasteiger charge is 2.35. The van der Waals surface area contributed by atoms with E-state index >= 15 is 0 Å². The molecule has 80 valence electrons. The van der Waals surface area contributed by atoms with Gasteiger partial charge in [-0.05, 0) is 5.56 Å². The molecular weight excluding hydrogens is 188 g/mol. The highest BCUT2D eigenvalue weighted by atomic mass is 16.2. The average Bonchev–Trinajstić information content (AvgIpc) is 2.23. The van der Waals surface area contributed by atoms with E-state index in [1.165, 1.54) is 0 Å². The van der Waals surface area contributed by atoms with Crippen molar-refractivity contribution in [2.75, 3.05) is 6.54 Å². The number of hydrogen-bond acceptors (Lipinski definition) is 1. The van der Waals surface area contributed by atoms with Crippen LogP contribution in [0.15, 0.2) is 30.3 Å². The molecule has 2 amide bonds. The van der Waals surface area contributed by atoms with Crippen molar-refractivity contribution in [1.29, 1.82) is 0 Å². The zero-order valence-corrected chi connectivity index (χ0v) is 9.08. The standard InChI is InChI=1S/C12H16N2O/c1-12(2)8-13-11(15)14-10(12)9-6-4-3-5-7-9/h3-7,10H,8H2,1-2H3,(H2,13,14,15). The molecule has 0 aromatic heterocycles. The molecule has 0 aliphatic carbocycles. The second-order valence-electron chi connectivity index (χ2n) is 4.66. The molecule has 1 aliphatic rings. The van der Waals surface area contributed by atoms with E-state index in [4.69, 9.17) is 0 Å². The van der Waals surface area contributed by atoms with E-state index in [0.717, 1.165) is 5.56 Å². The Morgan fingerprint density at radius 1 is 1.27 bits per heavy atom. The molecule has 1 aromatic rings. The van der Waals surface area contributed by atoms with Gasteiger partial charge in [0, 0.05) is 12.0 Å². The number of amides is 2. The molecule has 2 rings (SSSR count). The second kappa shape index (κ2) is 3.57. The van der Waals surface area contributed by atoms with Crippen LogP contribution in [0.5, 0.6) is 0 Å². The molecular formula is C12H16N2O. The lowest BCUT2D eigenvalue weighted by Crippen LogP contribution is -2.54. The number of rotatable bonds is 1. The first kappa shape index (κ1) is 10.0. The first-order valence-corrected chi connectivity index (χ1v) is 5.19. The molecule has 1 saturated heterocycles. The second-order valence-corrected chi connectivity index (χ2v) is 4.66. The Kier molecular flexibility index (Phi) is 2.39. The SMILES string of the molecule is CC1(C)CNC(=O)NC1c1ccccc1. The maximum atomic E-state index is 11.3. The van der Waals surface area contributed by atoms with Crippen LogP contribution < -0.4 is 10.6 Å². The van der Waals surface area contributed by atoms with Gasteiger partial charge in [0.05, 0.1) is 6.04 Å². The molecule has 0 radical (unpaired) electrons. The van der Waals surface area contributed by atoms with Crippen molar-refractivity contribution < 1.29 is 4.79 Å². The van der Waals surface area contributed by atoms with Gasteiger partial charge < -0.3 is 10.6 Å². The smallest absolute Gasteiger partial charge is 0.315 e. The zero-order valence-electron chi connectivity index (χ0n) is 9.08. The molecule has 0 bridgehead atoms. The Hall–Kier alpha value is -1.51. The van der Waals surface area contributed by atoms with Crippen LogP contribution in [-0.2, 0) is 0 Å². The van der Waals surface area contributed by atoms with Crippen LogP contribution in [0.3, 0.4) is 0 Å². The van der Waals surface area contributed by atoms with E-state index in [-0.39, 0.29) is 17.5 Å². The van der Waals surface area contributed by atoms with Crippen LogP contribution in [-0.4, -0.2) is 12.6 Å². The third-order valence-corrected chi connectivity index (χ3v) is 2.89. The normalized spacial score (nSPS) is 24.1. The molecule has 1 unspecified atom stereocenters. The van der Waals surface area contributed by atoms with Gasteiger partial charge in [-0.25, -0.2) is 4.79 Å². The quantitative estimate of drug-likeness (QED) is 0.722. The fourth-order valence-electron chi connectivity index (χ4n) is 1.97. The zero-order chi connectivity index (χ0) is 10.9. The topological polar surface area (TPSA) is 41.1 Å². The molecule has 2 N–H and O–H groups in total. The van der Waals surface area contributed by atoms with Gasteiger partial charge in [-0.2, -0.15) is 0 Å². The molecule has 3 nitrogen and oxygen atoms in total. The predicted molar refractivity (Wildman–Crippen MR) is 59.5 cm³/mol. The fraction of sp³-hybridized carbons (Fsp3) is 0.417. The predicted octanol–water partition coefficient (Wildman–Crippen LogP) is 2.07. The van der Waals surface area contributed by atoms with Crippen LogP contribution >= 0.6 is 0 Å². The summed E-state index contributed by atoms with van der Waals surface area (Å²) < 4.78 is 0. The molecule has 1 atom stereocenters. The van der Waals surface area contributed by atoms with Crippen LogP contribution in [0, 0.1) is 5.41 Å². The molecule has 1 aliphatic heterocycles. The van der Waals surface area contributed by atoms with E-state index < -0.39 is 0 Å². The van der Waals surface area contributed by atoms with Gasteiger partial charge in [0.1, 0.15) is 0 Å². The summed E-state index contributed by atoms with van der Waals surface area (Å²) in [5, 5.41) is 5.79. The summed E-state index contributed by atoms with van der Waals surface area (Å²) in [5.74, 6) is 0. The van der Waals surface area contributed by atoms with Gasteiger partial charge in [-0.3, -0.25) is 0 Å². The first-order valence-electron chi connectivity index (χ1n) is 5.19. The lowest BCUT2D eigenvalue weighted by atomic mass is 9.79. The van der Waals surface area contributed by atoms with Gasteiger partial charge in [0.15, 0.2) is 0 Å². The van der Waals surface area contributed by atoms with Gasteiger partial charge in [-0.15, -0.1) is 0 Å². The Morgan fingerprint density at radius 2 is 1.93 bits per heavy atom. The number of nitrogens with one attached hydrogen (secondary N) is 2. The Bertz CT molecular complexity index is 359. The lowest BCUT2D eigenvalue weighted by Gasteiger charge is -2.39. The molecule has 0 spiro atoms. The van der Waals surface area contributed by atoms with Crippen LogP contribution in [0.2, 0.25) is 0 Å². The molecule has 1 fully saturated rings. The summed E-state index contributed by atoms with van der Waals surface area (Å²) in [7, 11) is 0. The fourth-order valence-corrected chi connectivity index (χ4v) is 1.97. The third kappa shape index (κ3) is 1.96. The number of urea groups is 1. The molecule has 0 saturated carbocycles. The van der Waals surface area contributed by atoms with Gasteiger partial charge in [0.2, 0.25) is 0 Å². The van der Waals surface area contributed by atoms with E-state index in [0.29, 0.717) is 6.54 Å². The van der Waals surface area contributed by atoms with Gasteiger partial charge >= 0.3 is 6.03 Å². The van der Waals surface area contributed by atoms with E-state index in [1.807, 2.05) is 18.2 Å². The number of carbonyl (C=O) groups is 1. The maximum Gasteiger partial charge on any atom is 0.315 e. The Balaban J connectivity index is 2.29. The maximum absolute atomic E-state index is 11.3. The summed E-state index contributed by atoms with van der Waals surface area (Å²) in [5.41, 5.74) is 1.20. The minimum absolute atomic E-state index is 0.0370. The monoisotopic (exact) mass is 204 g/mol. The number of hydrogen-bond donors (Lipinski definition) is 2. The van der Waals surface area contributed by atoms with Crippen molar-refractivity contribution in [3.8, 4) is 0 Å². The van der Waals surface area contributed by atoms with Crippen molar-refractivity contribution >= 4 is 6.03 Å². The van der Waals surface area contributed by atoms with Crippen molar-refractivity contribution in [2.24, 2.45) is 5.41 Å². The summed E-state index contributed by atoms with van der Waals surface area (Å²) in [6.07, 6.45) is 0. The highest BCUT2D eigenvalue weighted by molar-refractivity contribution is 5.75. The van der Waals surface area contributed by atoms with Gasteiger partial charge in [0.25, 0.3) is 0 Å². The van der Waals surface area contributed by atoms with Crippen molar-refractivity contribution in [3.05, 3.63) is 35.9 Å². The third-order valence-electron chi connectivity index (χ3n) is 2.89. The average molecular weight is 204 g/mol. The van der Waals surface area contributed by atoms with E-state index in [1.54, 1.807) is 0 Å². The molecule has 1 heterocycles. The largest absolute Gasteiger partial charge is 0.338 e. The minimum atomic E-state index is -0.0804.